The van der Waals surface area contributed by atoms with Crippen LogP contribution in [0.25, 0.3) is 5.53 Å². The van der Waals surface area contributed by atoms with Gasteiger partial charge >= 0.3 is 11.9 Å². The second-order valence-electron chi connectivity index (χ2n) is 1.34. The lowest BCUT2D eigenvalue weighted by molar-refractivity contribution is -0.949. The van der Waals surface area contributed by atoms with Crippen molar-refractivity contribution in [1.29, 1.82) is 0 Å². The molecule has 0 amide bonds. The van der Waals surface area contributed by atoms with Gasteiger partial charge in [-0.05, 0) is 0 Å². The molecule has 1 fully saturated rings. The molecule has 48 valence electrons. The maximum absolute atomic E-state index is 10.2. The van der Waals surface area contributed by atoms with Crippen LogP contribution in [0.5, 0.6) is 0 Å². The van der Waals surface area contributed by atoms with Gasteiger partial charge in [0.2, 0.25) is 0 Å². The van der Waals surface area contributed by atoms with E-state index in [4.69, 9.17) is 5.53 Å². The average molecular weight is 130 g/mol. The van der Waals surface area contributed by atoms with Gasteiger partial charge in [0, 0.05) is 0 Å². The lowest BCUT2D eigenvalue weighted by Gasteiger charge is -2.03. The zero-order chi connectivity index (χ0) is 6.85. The molecule has 0 aromatic rings. The van der Waals surface area contributed by atoms with Gasteiger partial charge in [0.25, 0.3) is 0 Å². The van der Waals surface area contributed by atoms with Gasteiger partial charge in [-0.2, -0.15) is 9.68 Å². The average Bonchev–Trinajstić information content (AvgIpc) is 1.59. The molecule has 0 aromatic carbocycles. The standard InChI is InChI=1S/C3H2N2O4/c4-5-8-2(6)1-3(7)9-5/h1H2. The van der Waals surface area contributed by atoms with Crippen LogP contribution in [0.3, 0.4) is 0 Å². The molecule has 0 unspecified atom stereocenters. The Morgan fingerprint density at radius 2 is 1.78 bits per heavy atom. The highest BCUT2D eigenvalue weighted by Gasteiger charge is 2.27. The number of hydrogen-bond acceptors (Lipinski definition) is 4. The van der Waals surface area contributed by atoms with Crippen molar-refractivity contribution in [3.8, 4) is 0 Å². The van der Waals surface area contributed by atoms with E-state index in [-0.39, 0.29) is 5.02 Å². The summed E-state index contributed by atoms with van der Waals surface area (Å²) in [7, 11) is 0. The summed E-state index contributed by atoms with van der Waals surface area (Å²) in [5, 5.41) is -0.270. The number of carbonyl (C=O) groups is 2. The number of rotatable bonds is 0. The summed E-state index contributed by atoms with van der Waals surface area (Å²) >= 11 is 0. The van der Waals surface area contributed by atoms with Gasteiger partial charge in [0.05, 0.1) is 0 Å². The van der Waals surface area contributed by atoms with Crippen molar-refractivity contribution in [2.75, 3.05) is 0 Å². The highest BCUT2D eigenvalue weighted by atomic mass is 17.0. The quantitative estimate of drug-likeness (QED) is 0.408. The molecule has 6 heteroatoms. The number of hydrogen-bond donors (Lipinski definition) is 0. The van der Waals surface area contributed by atoms with Gasteiger partial charge in [-0.3, -0.25) is 0 Å². The first-order chi connectivity index (χ1) is 4.18. The Balaban J connectivity index is 2.64. The first kappa shape index (κ1) is 5.67. The Labute approximate surface area is 49.4 Å². The summed E-state index contributed by atoms with van der Waals surface area (Å²) < 4.78 is 0. The highest BCUT2D eigenvalue weighted by molar-refractivity contribution is 5.91. The first-order valence-electron chi connectivity index (χ1n) is 2.09. The van der Waals surface area contributed by atoms with E-state index >= 15 is 0 Å². The third-order valence-electron chi connectivity index (χ3n) is 0.648. The maximum Gasteiger partial charge on any atom is 0.396 e. The molecule has 0 aliphatic carbocycles. The van der Waals surface area contributed by atoms with E-state index in [1.807, 2.05) is 0 Å². The lowest BCUT2D eigenvalue weighted by atomic mass is 10.4. The molecule has 0 saturated carbocycles. The number of carbonyl (C=O) groups excluding carboxylic acids is 2. The summed E-state index contributed by atoms with van der Waals surface area (Å²) in [4.78, 5) is 28.0. The minimum atomic E-state index is -0.839. The molecule has 1 saturated heterocycles. The van der Waals surface area contributed by atoms with Crippen molar-refractivity contribution in [3.63, 3.8) is 0 Å². The van der Waals surface area contributed by atoms with E-state index in [9.17, 15) is 9.59 Å². The Kier molecular flexibility index (Phi) is 1.14. The third kappa shape index (κ3) is 1.21. The monoisotopic (exact) mass is 130 g/mol. The molecule has 0 bridgehead atoms. The minimum absolute atomic E-state index is 0.270. The summed E-state index contributed by atoms with van der Waals surface area (Å²) in [6.45, 7) is 0. The highest BCUT2D eigenvalue weighted by Crippen LogP contribution is 1.99. The van der Waals surface area contributed by atoms with Gasteiger partial charge in [0.1, 0.15) is 5.02 Å². The summed E-state index contributed by atoms with van der Waals surface area (Å²) in [6, 6.07) is 0. The van der Waals surface area contributed by atoms with Crippen molar-refractivity contribution in [3.05, 3.63) is 5.53 Å². The Bertz CT molecular complexity index is 141. The van der Waals surface area contributed by atoms with Crippen LogP contribution in [0.15, 0.2) is 0 Å². The fraction of sp³-hybridized carbons (Fsp3) is 0.333. The van der Waals surface area contributed by atoms with Gasteiger partial charge < -0.3 is 5.53 Å². The fourth-order valence-electron chi connectivity index (χ4n) is 0.375. The second kappa shape index (κ2) is 1.81. The van der Waals surface area contributed by atoms with Gasteiger partial charge in [-0.25, -0.2) is 9.59 Å². The molecule has 1 heterocycles. The first-order valence-corrected chi connectivity index (χ1v) is 2.09. The fourth-order valence-corrected chi connectivity index (χ4v) is 0.375. The van der Waals surface area contributed by atoms with Crippen LogP contribution in [0.1, 0.15) is 6.42 Å². The van der Waals surface area contributed by atoms with Crippen LogP contribution < -0.4 is 0 Å². The maximum atomic E-state index is 10.2. The van der Waals surface area contributed by atoms with Crippen LogP contribution in [-0.2, 0) is 19.3 Å². The lowest BCUT2D eigenvalue weighted by Crippen LogP contribution is -2.28. The molecule has 0 atom stereocenters. The SMILES string of the molecule is [N-]=[N+]1OC(=O)CC(=O)O1. The second-order valence-corrected chi connectivity index (χ2v) is 1.34. The number of nitrogens with zero attached hydrogens (tertiary/aromatic N) is 2. The van der Waals surface area contributed by atoms with Crippen LogP contribution in [-0.4, -0.2) is 17.0 Å². The third-order valence-corrected chi connectivity index (χ3v) is 0.648. The zero-order valence-electron chi connectivity index (χ0n) is 4.23. The van der Waals surface area contributed by atoms with E-state index < -0.39 is 18.4 Å². The molecule has 1 rings (SSSR count). The smallest absolute Gasteiger partial charge is 0.390 e. The van der Waals surface area contributed by atoms with Crippen LogP contribution >= 0.6 is 0 Å². The van der Waals surface area contributed by atoms with Crippen molar-refractivity contribution in [1.82, 2.24) is 0 Å². The molecule has 0 N–H and O–H groups in total. The van der Waals surface area contributed by atoms with E-state index in [1.165, 1.54) is 0 Å². The van der Waals surface area contributed by atoms with Gasteiger partial charge in [-0.1, -0.05) is 0 Å². The molecule has 0 aromatic heterocycles. The van der Waals surface area contributed by atoms with Crippen molar-refractivity contribution in [2.45, 2.75) is 6.42 Å². The Morgan fingerprint density at radius 3 is 2.11 bits per heavy atom. The van der Waals surface area contributed by atoms with E-state index in [1.54, 1.807) is 0 Å². The van der Waals surface area contributed by atoms with Crippen LogP contribution in [0, 0.1) is 0 Å². The van der Waals surface area contributed by atoms with Gasteiger partial charge in [-0.15, -0.1) is 0 Å². The summed E-state index contributed by atoms with van der Waals surface area (Å²) in [5.74, 6) is -1.68. The van der Waals surface area contributed by atoms with E-state index in [0.29, 0.717) is 0 Å². The van der Waals surface area contributed by atoms with Gasteiger partial charge in [0.15, 0.2) is 6.42 Å². The zero-order valence-corrected chi connectivity index (χ0v) is 4.23. The van der Waals surface area contributed by atoms with Crippen molar-refractivity contribution in [2.24, 2.45) is 0 Å². The molecular formula is C3H2N2O4. The normalized spacial score (nSPS) is 18.9. The Morgan fingerprint density at radius 1 is 1.33 bits per heavy atom. The van der Waals surface area contributed by atoms with Crippen molar-refractivity contribution >= 4 is 11.9 Å². The predicted octanol–water partition coefficient (Wildman–Crippen LogP) is -0.659. The largest absolute Gasteiger partial charge is 0.396 e. The molecule has 9 heavy (non-hydrogen) atoms. The van der Waals surface area contributed by atoms with Crippen LogP contribution in [0.2, 0.25) is 0 Å². The molecule has 1 aliphatic rings. The summed E-state index contributed by atoms with van der Waals surface area (Å²) in [5.41, 5.74) is 8.20. The Hall–Kier alpha value is -1.46. The van der Waals surface area contributed by atoms with E-state index in [2.05, 4.69) is 9.68 Å². The molecule has 0 radical (unpaired) electrons. The molecular weight excluding hydrogens is 128 g/mol. The van der Waals surface area contributed by atoms with Crippen LogP contribution in [0.4, 0.5) is 0 Å². The van der Waals surface area contributed by atoms with E-state index in [0.717, 1.165) is 0 Å². The predicted molar refractivity (Wildman–Crippen MR) is 20.4 cm³/mol. The van der Waals surface area contributed by atoms with Crippen molar-refractivity contribution < 1.29 is 24.3 Å². The molecule has 0 spiro atoms. The topological polar surface area (TPSA) is 77.9 Å². The summed E-state index contributed by atoms with van der Waals surface area (Å²) in [6.07, 6.45) is -0.461. The minimum Gasteiger partial charge on any atom is -0.390 e. The molecule has 6 nitrogen and oxygen atoms in total. The molecule has 1 aliphatic heterocycles.